The summed E-state index contributed by atoms with van der Waals surface area (Å²) in [5, 5.41) is 0. The van der Waals surface area contributed by atoms with Crippen molar-refractivity contribution >= 4 is 12.8 Å². The molecule has 156 valence electrons. The van der Waals surface area contributed by atoms with Crippen LogP contribution in [-0.4, -0.2) is 43.8 Å². The number of aliphatic imine (C=N–C) groups is 1. The SMILES string of the molecule is CC1=NC[C@H](C(c2ccccc2)C2CCOCC2)C=C1B1OC(C)(C)C(C)(C)O1. The zero-order valence-corrected chi connectivity index (χ0v) is 18.5. The molecule has 0 bridgehead atoms. The largest absolute Gasteiger partial charge is 0.496 e. The minimum absolute atomic E-state index is 0.342. The molecule has 4 nitrogen and oxygen atoms in total. The summed E-state index contributed by atoms with van der Waals surface area (Å²) in [5.41, 5.74) is 2.87. The minimum Gasteiger partial charge on any atom is -0.399 e. The summed E-state index contributed by atoms with van der Waals surface area (Å²) >= 11 is 0. The van der Waals surface area contributed by atoms with Crippen LogP contribution < -0.4 is 0 Å². The van der Waals surface area contributed by atoms with Gasteiger partial charge in [-0.3, -0.25) is 4.99 Å². The Balaban J connectivity index is 1.65. The van der Waals surface area contributed by atoms with Gasteiger partial charge in [-0.1, -0.05) is 36.4 Å². The van der Waals surface area contributed by atoms with E-state index in [-0.39, 0.29) is 18.3 Å². The molecule has 2 atom stereocenters. The summed E-state index contributed by atoms with van der Waals surface area (Å²) in [7, 11) is -0.349. The maximum absolute atomic E-state index is 6.36. The van der Waals surface area contributed by atoms with Gasteiger partial charge < -0.3 is 14.0 Å². The molecule has 0 amide bonds. The van der Waals surface area contributed by atoms with Gasteiger partial charge >= 0.3 is 7.12 Å². The molecule has 0 saturated carbocycles. The van der Waals surface area contributed by atoms with Crippen LogP contribution in [0.2, 0.25) is 0 Å². The minimum atomic E-state index is -0.349. The second-order valence-electron chi connectivity index (χ2n) is 9.69. The van der Waals surface area contributed by atoms with Gasteiger partial charge in [0, 0.05) is 31.4 Å². The Morgan fingerprint density at radius 2 is 1.62 bits per heavy atom. The second-order valence-corrected chi connectivity index (χ2v) is 9.69. The summed E-state index contributed by atoms with van der Waals surface area (Å²) in [6.07, 6.45) is 4.62. The molecule has 0 aliphatic carbocycles. The van der Waals surface area contributed by atoms with Gasteiger partial charge in [-0.25, -0.2) is 0 Å². The van der Waals surface area contributed by atoms with Crippen molar-refractivity contribution in [3.8, 4) is 0 Å². The highest BCUT2D eigenvalue weighted by Gasteiger charge is 2.53. The molecule has 3 aliphatic heterocycles. The molecule has 5 heteroatoms. The molecule has 4 rings (SSSR count). The summed E-state index contributed by atoms with van der Waals surface area (Å²) in [4.78, 5) is 4.93. The van der Waals surface area contributed by atoms with Gasteiger partial charge in [0.05, 0.1) is 11.2 Å². The fourth-order valence-corrected chi connectivity index (χ4v) is 4.79. The normalized spacial score (nSPS) is 28.0. The number of hydrogen-bond donors (Lipinski definition) is 0. The van der Waals surface area contributed by atoms with E-state index >= 15 is 0 Å². The lowest BCUT2D eigenvalue weighted by Crippen LogP contribution is -2.41. The van der Waals surface area contributed by atoms with Gasteiger partial charge in [-0.05, 0) is 70.3 Å². The van der Waals surface area contributed by atoms with Crippen molar-refractivity contribution in [2.45, 2.75) is 64.6 Å². The van der Waals surface area contributed by atoms with Crippen LogP contribution in [0.3, 0.4) is 0 Å². The number of allylic oxidation sites excluding steroid dienone is 1. The van der Waals surface area contributed by atoms with E-state index in [1.807, 2.05) is 0 Å². The zero-order valence-electron chi connectivity index (χ0n) is 18.5. The van der Waals surface area contributed by atoms with E-state index in [0.29, 0.717) is 17.8 Å². The predicted octanol–water partition coefficient (Wildman–Crippen LogP) is 4.85. The van der Waals surface area contributed by atoms with Crippen LogP contribution >= 0.6 is 0 Å². The van der Waals surface area contributed by atoms with Gasteiger partial charge in [0.25, 0.3) is 0 Å². The average Bonchev–Trinajstić information content (AvgIpc) is 2.92. The van der Waals surface area contributed by atoms with Crippen molar-refractivity contribution in [2.75, 3.05) is 19.8 Å². The number of hydrogen-bond acceptors (Lipinski definition) is 4. The molecular weight excluding hydrogens is 361 g/mol. The standard InChI is InChI=1S/C24H34BNO3/c1-17-21(25-28-23(2,3)24(4,5)29-25)15-20(16-26-17)22(18-9-7-6-8-10-18)19-11-13-27-14-12-19/h6-10,15,19-20,22H,11-14,16H2,1-5H3/t20-,22?/m1/s1. The van der Waals surface area contributed by atoms with Crippen molar-refractivity contribution in [1.29, 1.82) is 0 Å². The highest BCUT2D eigenvalue weighted by atomic mass is 16.7. The molecule has 0 spiro atoms. The second kappa shape index (κ2) is 8.01. The zero-order chi connectivity index (χ0) is 20.6. The van der Waals surface area contributed by atoms with E-state index in [4.69, 9.17) is 19.0 Å². The molecule has 0 aromatic heterocycles. The third-order valence-corrected chi connectivity index (χ3v) is 7.28. The Kier molecular flexibility index (Phi) is 5.76. The first-order chi connectivity index (χ1) is 13.8. The predicted molar refractivity (Wildman–Crippen MR) is 118 cm³/mol. The van der Waals surface area contributed by atoms with Crippen molar-refractivity contribution in [3.05, 3.63) is 47.4 Å². The number of ether oxygens (including phenoxy) is 1. The monoisotopic (exact) mass is 395 g/mol. The lowest BCUT2D eigenvalue weighted by molar-refractivity contribution is 0.00578. The van der Waals surface area contributed by atoms with E-state index in [2.05, 4.69) is 71.0 Å². The molecule has 0 N–H and O–H groups in total. The molecule has 1 aromatic rings. The Bertz CT molecular complexity index is 765. The van der Waals surface area contributed by atoms with Gasteiger partial charge in [0.2, 0.25) is 0 Å². The summed E-state index contributed by atoms with van der Waals surface area (Å²) in [6, 6.07) is 10.9. The van der Waals surface area contributed by atoms with Gasteiger partial charge in [0.15, 0.2) is 0 Å². The molecule has 2 saturated heterocycles. The van der Waals surface area contributed by atoms with Gasteiger partial charge in [-0.2, -0.15) is 0 Å². The number of dihydropyridines is 1. The third kappa shape index (κ3) is 4.10. The Labute approximate surface area is 175 Å². The fraction of sp³-hybridized carbons (Fsp3) is 0.625. The van der Waals surface area contributed by atoms with Crippen LogP contribution in [0.5, 0.6) is 0 Å². The number of nitrogens with zero attached hydrogens (tertiary/aromatic N) is 1. The van der Waals surface area contributed by atoms with Crippen LogP contribution in [-0.2, 0) is 14.0 Å². The maximum Gasteiger partial charge on any atom is 0.496 e. The van der Waals surface area contributed by atoms with E-state index in [1.54, 1.807) is 0 Å². The number of rotatable bonds is 4. The lowest BCUT2D eigenvalue weighted by Gasteiger charge is -2.36. The number of benzene rings is 1. The van der Waals surface area contributed by atoms with Crippen LogP contribution in [0.4, 0.5) is 0 Å². The van der Waals surface area contributed by atoms with E-state index < -0.39 is 0 Å². The first-order valence-electron chi connectivity index (χ1n) is 11.0. The Morgan fingerprint density at radius 3 is 2.24 bits per heavy atom. The van der Waals surface area contributed by atoms with Crippen LogP contribution in [0.15, 0.2) is 46.9 Å². The molecule has 2 fully saturated rings. The van der Waals surface area contributed by atoms with E-state index in [1.165, 1.54) is 5.56 Å². The summed E-state index contributed by atoms with van der Waals surface area (Å²) < 4.78 is 18.4. The molecule has 29 heavy (non-hydrogen) atoms. The molecule has 1 aromatic carbocycles. The fourth-order valence-electron chi connectivity index (χ4n) is 4.79. The smallest absolute Gasteiger partial charge is 0.399 e. The maximum atomic E-state index is 6.36. The highest BCUT2D eigenvalue weighted by Crippen LogP contribution is 2.43. The third-order valence-electron chi connectivity index (χ3n) is 7.28. The average molecular weight is 395 g/mol. The van der Waals surface area contributed by atoms with Crippen LogP contribution in [0.25, 0.3) is 0 Å². The molecule has 3 aliphatic rings. The van der Waals surface area contributed by atoms with E-state index in [9.17, 15) is 0 Å². The Hall–Kier alpha value is -1.43. The van der Waals surface area contributed by atoms with Crippen molar-refractivity contribution in [1.82, 2.24) is 0 Å². The molecular formula is C24H34BNO3. The van der Waals surface area contributed by atoms with Crippen LogP contribution in [0.1, 0.15) is 58.9 Å². The first kappa shape index (κ1) is 20.8. The molecule has 0 radical (unpaired) electrons. The summed E-state index contributed by atoms with van der Waals surface area (Å²) in [6.45, 7) is 13.0. The van der Waals surface area contributed by atoms with Gasteiger partial charge in [0.1, 0.15) is 0 Å². The van der Waals surface area contributed by atoms with Crippen molar-refractivity contribution in [3.63, 3.8) is 0 Å². The van der Waals surface area contributed by atoms with Gasteiger partial charge in [-0.15, -0.1) is 0 Å². The quantitative estimate of drug-likeness (QED) is 0.685. The Morgan fingerprint density at radius 1 is 1.00 bits per heavy atom. The lowest BCUT2D eigenvalue weighted by atomic mass is 9.67. The molecule has 1 unspecified atom stereocenters. The summed E-state index contributed by atoms with van der Waals surface area (Å²) in [5.74, 6) is 1.40. The highest BCUT2D eigenvalue weighted by molar-refractivity contribution is 6.62. The van der Waals surface area contributed by atoms with E-state index in [0.717, 1.165) is 43.8 Å². The van der Waals surface area contributed by atoms with Crippen molar-refractivity contribution < 1.29 is 14.0 Å². The first-order valence-corrected chi connectivity index (χ1v) is 11.0. The van der Waals surface area contributed by atoms with Crippen molar-refractivity contribution in [2.24, 2.45) is 16.8 Å². The van der Waals surface area contributed by atoms with Crippen LogP contribution in [0, 0.1) is 11.8 Å². The topological polar surface area (TPSA) is 40.0 Å². The molecule has 3 heterocycles.